The first-order valence-electron chi connectivity index (χ1n) is 3.88. The predicted molar refractivity (Wildman–Crippen MR) is 50.9 cm³/mol. The maximum atomic E-state index is 11.8. The summed E-state index contributed by atoms with van der Waals surface area (Å²) in [7, 11) is -4.29. The summed E-state index contributed by atoms with van der Waals surface area (Å²) in [6.45, 7) is -0.374. The standard InChI is InChI=1S/C6H7F3N2O3S2/c1-3-4(15-5(12)11-3)16(13,14)10-2-6(7,8)9/h10H,2H2,1H3,(H,11,12). The predicted octanol–water partition coefficient (Wildman–Crippen LogP) is 0.585. The molecule has 0 amide bonds. The van der Waals surface area contributed by atoms with Crippen molar-refractivity contribution in [3.8, 4) is 0 Å². The monoisotopic (exact) mass is 276 g/mol. The van der Waals surface area contributed by atoms with E-state index in [2.05, 4.69) is 4.98 Å². The molecule has 0 unspecified atom stereocenters. The van der Waals surface area contributed by atoms with Gasteiger partial charge in [-0.15, -0.1) is 0 Å². The van der Waals surface area contributed by atoms with E-state index in [1.165, 1.54) is 11.6 Å². The van der Waals surface area contributed by atoms with Crippen LogP contribution in [0.2, 0.25) is 0 Å². The molecule has 1 aromatic rings. The summed E-state index contributed by atoms with van der Waals surface area (Å²) in [5.74, 6) is 0. The van der Waals surface area contributed by atoms with Gasteiger partial charge in [-0.05, 0) is 6.92 Å². The number of thiazole rings is 1. The summed E-state index contributed by atoms with van der Waals surface area (Å²) in [4.78, 5) is 12.3. The summed E-state index contributed by atoms with van der Waals surface area (Å²) in [5, 5.41) is 0. The van der Waals surface area contributed by atoms with Gasteiger partial charge in [-0.1, -0.05) is 11.3 Å². The van der Waals surface area contributed by atoms with Crippen LogP contribution in [0.3, 0.4) is 0 Å². The minimum Gasteiger partial charge on any atom is -0.315 e. The van der Waals surface area contributed by atoms with Crippen molar-refractivity contribution in [2.24, 2.45) is 0 Å². The number of hydrogen-bond donors (Lipinski definition) is 2. The second-order valence-electron chi connectivity index (χ2n) is 2.87. The molecule has 0 spiro atoms. The molecule has 0 fully saturated rings. The first kappa shape index (κ1) is 13.2. The van der Waals surface area contributed by atoms with E-state index in [1.54, 1.807) is 0 Å². The number of nitrogens with one attached hydrogen (secondary N) is 2. The first-order valence-corrected chi connectivity index (χ1v) is 6.18. The van der Waals surface area contributed by atoms with Crippen LogP contribution in [0, 0.1) is 6.92 Å². The molecule has 0 aliphatic carbocycles. The van der Waals surface area contributed by atoms with Crippen LogP contribution in [0.4, 0.5) is 13.2 Å². The second-order valence-corrected chi connectivity index (χ2v) is 5.81. The van der Waals surface area contributed by atoms with Gasteiger partial charge in [0.05, 0.1) is 0 Å². The van der Waals surface area contributed by atoms with E-state index in [0.717, 1.165) is 0 Å². The number of rotatable bonds is 3. The van der Waals surface area contributed by atoms with Crippen molar-refractivity contribution in [2.45, 2.75) is 17.3 Å². The van der Waals surface area contributed by atoms with Crippen LogP contribution in [-0.4, -0.2) is 26.1 Å². The zero-order valence-corrected chi connectivity index (χ0v) is 9.52. The van der Waals surface area contributed by atoms with Gasteiger partial charge in [0.1, 0.15) is 6.54 Å². The molecule has 1 heterocycles. The average molecular weight is 276 g/mol. The fourth-order valence-corrected chi connectivity index (χ4v) is 3.25. The third kappa shape index (κ3) is 3.32. The Bertz CT molecular complexity index is 528. The van der Waals surface area contributed by atoms with Gasteiger partial charge in [0.25, 0.3) is 10.0 Å². The molecule has 0 bridgehead atoms. The second kappa shape index (κ2) is 4.18. The van der Waals surface area contributed by atoms with Gasteiger partial charge in [0.2, 0.25) is 0 Å². The molecule has 1 aromatic heterocycles. The molecule has 1 rings (SSSR count). The van der Waals surface area contributed by atoms with Crippen LogP contribution in [0.1, 0.15) is 5.69 Å². The van der Waals surface area contributed by atoms with Gasteiger partial charge in [-0.3, -0.25) is 4.79 Å². The lowest BCUT2D eigenvalue weighted by atomic mass is 10.6. The highest BCUT2D eigenvalue weighted by molar-refractivity contribution is 7.91. The summed E-state index contributed by atoms with van der Waals surface area (Å²) in [6.07, 6.45) is -4.64. The van der Waals surface area contributed by atoms with Gasteiger partial charge in [-0.2, -0.15) is 13.2 Å². The minimum atomic E-state index is -4.64. The third-order valence-corrected chi connectivity index (χ3v) is 4.49. The molecular formula is C6H7F3N2O3S2. The van der Waals surface area contributed by atoms with Crippen molar-refractivity contribution < 1.29 is 21.6 Å². The summed E-state index contributed by atoms with van der Waals surface area (Å²) in [5.41, 5.74) is 0.0182. The Labute approximate surface area is 92.4 Å². The van der Waals surface area contributed by atoms with Gasteiger partial charge in [0, 0.05) is 5.69 Å². The largest absolute Gasteiger partial charge is 0.402 e. The highest BCUT2D eigenvalue weighted by Gasteiger charge is 2.31. The molecule has 10 heteroatoms. The molecule has 5 nitrogen and oxygen atoms in total. The molecule has 0 radical (unpaired) electrons. The number of H-pyrrole nitrogens is 1. The minimum absolute atomic E-state index is 0.0182. The summed E-state index contributed by atoms with van der Waals surface area (Å²) >= 11 is 0.343. The van der Waals surface area contributed by atoms with Crippen molar-refractivity contribution in [3.05, 3.63) is 15.4 Å². The molecular weight excluding hydrogens is 269 g/mol. The molecule has 0 saturated heterocycles. The van der Waals surface area contributed by atoms with Crippen LogP contribution in [0.5, 0.6) is 0 Å². The average Bonchev–Trinajstić information content (AvgIpc) is 2.42. The van der Waals surface area contributed by atoms with Crippen molar-refractivity contribution in [1.29, 1.82) is 0 Å². The molecule has 0 aliphatic heterocycles. The quantitative estimate of drug-likeness (QED) is 0.847. The number of aromatic nitrogens is 1. The van der Waals surface area contributed by atoms with Crippen LogP contribution in [-0.2, 0) is 10.0 Å². The van der Waals surface area contributed by atoms with Gasteiger partial charge in [-0.25, -0.2) is 13.1 Å². The zero-order valence-electron chi connectivity index (χ0n) is 7.88. The van der Waals surface area contributed by atoms with E-state index in [-0.39, 0.29) is 5.69 Å². The molecule has 0 aromatic carbocycles. The molecule has 0 atom stereocenters. The molecule has 2 N–H and O–H groups in total. The number of halogens is 3. The number of hydrogen-bond acceptors (Lipinski definition) is 4. The molecule has 92 valence electrons. The number of alkyl halides is 3. The van der Waals surface area contributed by atoms with Crippen molar-refractivity contribution in [2.75, 3.05) is 6.54 Å². The lowest BCUT2D eigenvalue weighted by Crippen LogP contribution is -2.33. The number of sulfonamides is 1. The van der Waals surface area contributed by atoms with E-state index in [0.29, 0.717) is 11.3 Å². The van der Waals surface area contributed by atoms with Crippen LogP contribution >= 0.6 is 11.3 Å². The molecule has 0 aliphatic rings. The highest BCUT2D eigenvalue weighted by Crippen LogP contribution is 2.18. The Kier molecular flexibility index (Phi) is 3.45. The lowest BCUT2D eigenvalue weighted by Gasteiger charge is -2.07. The van der Waals surface area contributed by atoms with E-state index >= 15 is 0 Å². The van der Waals surface area contributed by atoms with Gasteiger partial charge < -0.3 is 4.98 Å². The summed E-state index contributed by atoms with van der Waals surface area (Å²) in [6, 6.07) is 0. The van der Waals surface area contributed by atoms with Crippen LogP contribution in [0.25, 0.3) is 0 Å². The fourth-order valence-electron chi connectivity index (χ4n) is 0.889. The van der Waals surface area contributed by atoms with E-state index < -0.39 is 31.8 Å². The lowest BCUT2D eigenvalue weighted by molar-refractivity contribution is -0.121. The smallest absolute Gasteiger partial charge is 0.315 e. The van der Waals surface area contributed by atoms with E-state index in [4.69, 9.17) is 0 Å². The maximum Gasteiger partial charge on any atom is 0.402 e. The Balaban J connectivity index is 2.95. The number of aryl methyl sites for hydroxylation is 1. The summed E-state index contributed by atoms with van der Waals surface area (Å²) < 4.78 is 59.1. The Morgan fingerprint density at radius 3 is 2.38 bits per heavy atom. The SMILES string of the molecule is Cc1[nH]c(=O)sc1S(=O)(=O)NCC(F)(F)F. The van der Waals surface area contributed by atoms with Crippen molar-refractivity contribution in [3.63, 3.8) is 0 Å². The Hall–Kier alpha value is -0.870. The Morgan fingerprint density at radius 1 is 1.44 bits per heavy atom. The number of aromatic amines is 1. The molecule has 16 heavy (non-hydrogen) atoms. The van der Waals surface area contributed by atoms with Gasteiger partial charge >= 0.3 is 11.0 Å². The van der Waals surface area contributed by atoms with Crippen molar-refractivity contribution >= 4 is 21.4 Å². The van der Waals surface area contributed by atoms with Crippen molar-refractivity contribution in [1.82, 2.24) is 9.71 Å². The molecule has 0 saturated carbocycles. The Morgan fingerprint density at radius 2 is 2.00 bits per heavy atom. The zero-order chi connectivity index (χ0) is 12.6. The van der Waals surface area contributed by atoms with Crippen LogP contribution < -0.4 is 9.60 Å². The first-order chi connectivity index (χ1) is 7.12. The highest BCUT2D eigenvalue weighted by atomic mass is 32.2. The third-order valence-electron chi connectivity index (χ3n) is 1.49. The topological polar surface area (TPSA) is 79.0 Å². The van der Waals surface area contributed by atoms with E-state index in [9.17, 15) is 26.4 Å². The normalized spacial score (nSPS) is 13.0. The maximum absolute atomic E-state index is 11.8. The van der Waals surface area contributed by atoms with Crippen LogP contribution in [0.15, 0.2) is 9.00 Å². The van der Waals surface area contributed by atoms with E-state index in [1.807, 2.05) is 0 Å². The van der Waals surface area contributed by atoms with Gasteiger partial charge in [0.15, 0.2) is 4.21 Å². The fraction of sp³-hybridized carbons (Fsp3) is 0.500.